The van der Waals surface area contributed by atoms with Crippen molar-refractivity contribution in [2.75, 3.05) is 21.3 Å². The Hall–Kier alpha value is -3.81. The Morgan fingerprint density at radius 1 is 0.968 bits per heavy atom. The Morgan fingerprint density at radius 3 is 2.26 bits per heavy atom. The molecule has 0 aliphatic heterocycles. The molecule has 2 rings (SSSR count). The van der Waals surface area contributed by atoms with Crippen molar-refractivity contribution < 1.29 is 33.3 Å². The minimum Gasteiger partial charge on any atom is -0.493 e. The quantitative estimate of drug-likeness (QED) is 0.485. The van der Waals surface area contributed by atoms with Crippen LogP contribution in [0.5, 0.6) is 11.5 Å². The number of nitrogens with one attached hydrogen (secondary N) is 1. The number of carbonyl (C=O) groups is 3. The van der Waals surface area contributed by atoms with E-state index < -0.39 is 23.9 Å². The molecule has 0 aliphatic rings. The van der Waals surface area contributed by atoms with Crippen LogP contribution in [0.25, 0.3) is 6.08 Å². The van der Waals surface area contributed by atoms with Crippen LogP contribution in [0.2, 0.25) is 0 Å². The highest BCUT2D eigenvalue weighted by atomic mass is 16.5. The fourth-order valence-electron chi connectivity index (χ4n) is 2.60. The van der Waals surface area contributed by atoms with Gasteiger partial charge in [-0.05, 0) is 48.4 Å². The second-order valence-electron chi connectivity index (χ2n) is 6.43. The zero-order valence-corrected chi connectivity index (χ0v) is 17.8. The molecular formula is C23H25NO7. The van der Waals surface area contributed by atoms with E-state index in [2.05, 4.69) is 10.1 Å². The van der Waals surface area contributed by atoms with Crippen LogP contribution < -0.4 is 14.8 Å². The van der Waals surface area contributed by atoms with Gasteiger partial charge in [0.25, 0.3) is 5.91 Å². The molecule has 0 fully saturated rings. The van der Waals surface area contributed by atoms with E-state index in [0.717, 1.165) is 5.56 Å². The van der Waals surface area contributed by atoms with Gasteiger partial charge < -0.3 is 24.3 Å². The number of hydrogen-bond acceptors (Lipinski definition) is 7. The summed E-state index contributed by atoms with van der Waals surface area (Å²) in [4.78, 5) is 35.6. The predicted octanol–water partition coefficient (Wildman–Crippen LogP) is 2.75. The SMILES string of the molecule is COC(=O)c1ccc(/C=C/C(=O)OC(C)C(=O)NCc2ccc(OC)c(OC)c2)cc1. The Labute approximate surface area is 180 Å². The largest absolute Gasteiger partial charge is 0.493 e. The van der Waals surface area contributed by atoms with Crippen molar-refractivity contribution in [3.63, 3.8) is 0 Å². The van der Waals surface area contributed by atoms with Gasteiger partial charge in [-0.3, -0.25) is 4.79 Å². The third kappa shape index (κ3) is 6.88. The third-order valence-electron chi connectivity index (χ3n) is 4.32. The molecular weight excluding hydrogens is 402 g/mol. The molecule has 0 spiro atoms. The lowest BCUT2D eigenvalue weighted by Crippen LogP contribution is -2.35. The van der Waals surface area contributed by atoms with E-state index in [4.69, 9.17) is 14.2 Å². The maximum atomic E-state index is 12.2. The molecule has 8 heteroatoms. The zero-order chi connectivity index (χ0) is 22.8. The van der Waals surface area contributed by atoms with Gasteiger partial charge in [-0.1, -0.05) is 18.2 Å². The summed E-state index contributed by atoms with van der Waals surface area (Å²) in [5.74, 6) is -0.391. The van der Waals surface area contributed by atoms with Gasteiger partial charge in [0.2, 0.25) is 0 Å². The molecule has 1 N–H and O–H groups in total. The third-order valence-corrected chi connectivity index (χ3v) is 4.32. The Balaban J connectivity index is 1.85. The number of methoxy groups -OCH3 is 3. The van der Waals surface area contributed by atoms with Gasteiger partial charge >= 0.3 is 11.9 Å². The van der Waals surface area contributed by atoms with Crippen molar-refractivity contribution in [3.05, 3.63) is 65.2 Å². The lowest BCUT2D eigenvalue weighted by molar-refractivity contribution is -0.150. The van der Waals surface area contributed by atoms with Gasteiger partial charge in [0.05, 0.1) is 26.9 Å². The van der Waals surface area contributed by atoms with Crippen LogP contribution >= 0.6 is 0 Å². The topological polar surface area (TPSA) is 100 Å². The van der Waals surface area contributed by atoms with Crippen LogP contribution in [0.15, 0.2) is 48.5 Å². The molecule has 0 aliphatic carbocycles. The number of carbonyl (C=O) groups excluding carboxylic acids is 3. The highest BCUT2D eigenvalue weighted by Gasteiger charge is 2.16. The lowest BCUT2D eigenvalue weighted by Gasteiger charge is -2.13. The number of hydrogen-bond donors (Lipinski definition) is 1. The van der Waals surface area contributed by atoms with Crippen LogP contribution in [0.3, 0.4) is 0 Å². The fraction of sp³-hybridized carbons (Fsp3) is 0.261. The first kappa shape index (κ1) is 23.5. The maximum absolute atomic E-state index is 12.2. The van der Waals surface area contributed by atoms with Crippen LogP contribution in [-0.4, -0.2) is 45.3 Å². The van der Waals surface area contributed by atoms with Gasteiger partial charge in [-0.25, -0.2) is 9.59 Å². The van der Waals surface area contributed by atoms with E-state index in [1.54, 1.807) is 49.6 Å². The molecule has 164 valence electrons. The monoisotopic (exact) mass is 427 g/mol. The number of ether oxygens (including phenoxy) is 4. The van der Waals surface area contributed by atoms with Crippen molar-refractivity contribution in [2.24, 2.45) is 0 Å². The summed E-state index contributed by atoms with van der Waals surface area (Å²) < 4.78 is 20.2. The zero-order valence-electron chi connectivity index (χ0n) is 17.8. The van der Waals surface area contributed by atoms with Crippen LogP contribution in [-0.2, 0) is 25.6 Å². The second-order valence-corrected chi connectivity index (χ2v) is 6.43. The summed E-state index contributed by atoms with van der Waals surface area (Å²) >= 11 is 0. The van der Waals surface area contributed by atoms with Crippen LogP contribution in [0, 0.1) is 0 Å². The van der Waals surface area contributed by atoms with Crippen molar-refractivity contribution in [3.8, 4) is 11.5 Å². The normalized spacial score (nSPS) is 11.5. The lowest BCUT2D eigenvalue weighted by atomic mass is 10.1. The molecule has 31 heavy (non-hydrogen) atoms. The summed E-state index contributed by atoms with van der Waals surface area (Å²) in [5.41, 5.74) is 1.90. The minimum absolute atomic E-state index is 0.240. The smallest absolute Gasteiger partial charge is 0.337 e. The molecule has 0 saturated carbocycles. The molecule has 0 radical (unpaired) electrons. The van der Waals surface area contributed by atoms with Gasteiger partial charge in [0, 0.05) is 12.6 Å². The molecule has 1 unspecified atom stereocenters. The van der Waals surface area contributed by atoms with Crippen LogP contribution in [0.1, 0.15) is 28.4 Å². The summed E-state index contributed by atoms with van der Waals surface area (Å²) in [6.45, 7) is 1.73. The van der Waals surface area contributed by atoms with Gasteiger partial charge in [0.1, 0.15) is 0 Å². The molecule has 0 aromatic heterocycles. The van der Waals surface area contributed by atoms with Gasteiger partial charge in [0.15, 0.2) is 17.6 Å². The Bertz CT molecular complexity index is 951. The number of amides is 1. The molecule has 8 nitrogen and oxygen atoms in total. The summed E-state index contributed by atoms with van der Waals surface area (Å²) in [6, 6.07) is 11.8. The summed E-state index contributed by atoms with van der Waals surface area (Å²) in [5, 5.41) is 2.71. The van der Waals surface area contributed by atoms with Crippen molar-refractivity contribution in [1.29, 1.82) is 0 Å². The second kappa shape index (κ2) is 11.4. The molecule has 2 aromatic rings. The Morgan fingerprint density at radius 2 is 1.65 bits per heavy atom. The highest BCUT2D eigenvalue weighted by molar-refractivity contribution is 5.91. The molecule has 0 saturated heterocycles. The first-order valence-electron chi connectivity index (χ1n) is 9.43. The molecule has 2 aromatic carbocycles. The molecule has 0 heterocycles. The predicted molar refractivity (Wildman–Crippen MR) is 114 cm³/mol. The number of benzene rings is 2. The number of esters is 2. The summed E-state index contributed by atoms with van der Waals surface area (Å²) in [7, 11) is 4.38. The minimum atomic E-state index is -0.973. The standard InChI is InChI=1S/C23H25NO7/c1-15(22(26)24-14-17-7-11-19(28-2)20(13-17)29-3)31-21(25)12-8-16-5-9-18(10-6-16)23(27)30-4/h5-13,15H,14H2,1-4H3,(H,24,26)/b12-8+. The number of rotatable bonds is 9. The van der Waals surface area contributed by atoms with Gasteiger partial charge in [-0.2, -0.15) is 0 Å². The van der Waals surface area contributed by atoms with Gasteiger partial charge in [-0.15, -0.1) is 0 Å². The molecule has 1 amide bonds. The van der Waals surface area contributed by atoms with Crippen molar-refractivity contribution in [1.82, 2.24) is 5.32 Å². The first-order chi connectivity index (χ1) is 14.9. The van der Waals surface area contributed by atoms with E-state index in [0.29, 0.717) is 22.6 Å². The highest BCUT2D eigenvalue weighted by Crippen LogP contribution is 2.27. The summed E-state index contributed by atoms with van der Waals surface area (Å²) in [6.07, 6.45) is 1.77. The van der Waals surface area contributed by atoms with E-state index in [1.165, 1.54) is 33.3 Å². The fourth-order valence-corrected chi connectivity index (χ4v) is 2.60. The first-order valence-corrected chi connectivity index (χ1v) is 9.43. The van der Waals surface area contributed by atoms with Crippen molar-refractivity contribution >= 4 is 23.9 Å². The van der Waals surface area contributed by atoms with E-state index in [1.807, 2.05) is 0 Å². The maximum Gasteiger partial charge on any atom is 0.337 e. The van der Waals surface area contributed by atoms with Crippen LogP contribution in [0.4, 0.5) is 0 Å². The molecule has 1 atom stereocenters. The molecule has 0 bridgehead atoms. The van der Waals surface area contributed by atoms with Crippen molar-refractivity contribution in [2.45, 2.75) is 19.6 Å². The van der Waals surface area contributed by atoms with E-state index >= 15 is 0 Å². The average Bonchev–Trinajstić information content (AvgIpc) is 2.80. The van der Waals surface area contributed by atoms with E-state index in [-0.39, 0.29) is 6.54 Å². The Kier molecular flexibility index (Phi) is 8.63. The average molecular weight is 427 g/mol. The van der Waals surface area contributed by atoms with E-state index in [9.17, 15) is 14.4 Å².